The standard InChI is InChI=1S/C8H5BrClNO2S/c9-5-1-2-6-7(3-5)11-4-8(6)14(10,12)13/h1-4,11H. The molecule has 1 heterocycles. The Kier molecular flexibility index (Phi) is 2.33. The molecule has 2 rings (SSSR count). The zero-order chi connectivity index (χ0) is 10.3. The third-order valence-corrected chi connectivity index (χ3v) is 3.72. The minimum absolute atomic E-state index is 0.113. The highest BCUT2D eigenvalue weighted by molar-refractivity contribution is 9.10. The first-order valence-corrected chi connectivity index (χ1v) is 6.80. The Bertz CT molecular complexity index is 590. The highest BCUT2D eigenvalue weighted by Gasteiger charge is 2.15. The number of aromatic nitrogens is 1. The second-order valence-corrected chi connectivity index (χ2v) is 6.23. The average Bonchev–Trinajstić information content (AvgIpc) is 2.45. The van der Waals surface area contributed by atoms with Crippen molar-refractivity contribution >= 4 is 46.6 Å². The molecule has 0 bridgehead atoms. The van der Waals surface area contributed by atoms with Crippen LogP contribution in [0.5, 0.6) is 0 Å². The maximum absolute atomic E-state index is 11.1. The Morgan fingerprint density at radius 3 is 2.71 bits per heavy atom. The lowest BCUT2D eigenvalue weighted by Crippen LogP contribution is -1.87. The van der Waals surface area contributed by atoms with Crippen LogP contribution in [-0.2, 0) is 9.05 Å². The zero-order valence-corrected chi connectivity index (χ0v) is 9.95. The van der Waals surface area contributed by atoms with Gasteiger partial charge >= 0.3 is 0 Å². The Morgan fingerprint density at radius 1 is 1.36 bits per heavy atom. The van der Waals surface area contributed by atoms with Crippen LogP contribution < -0.4 is 0 Å². The fraction of sp³-hybridized carbons (Fsp3) is 0. The van der Waals surface area contributed by atoms with Gasteiger partial charge in [-0.05, 0) is 12.1 Å². The summed E-state index contributed by atoms with van der Waals surface area (Å²) in [5, 5.41) is 0.600. The molecule has 6 heteroatoms. The number of benzene rings is 1. The maximum atomic E-state index is 11.1. The highest BCUT2D eigenvalue weighted by atomic mass is 79.9. The molecule has 0 unspecified atom stereocenters. The SMILES string of the molecule is O=S(=O)(Cl)c1c[nH]c2cc(Br)ccc12. The summed E-state index contributed by atoms with van der Waals surface area (Å²) >= 11 is 3.29. The van der Waals surface area contributed by atoms with Gasteiger partial charge in [0.05, 0.1) is 0 Å². The molecule has 0 amide bonds. The summed E-state index contributed by atoms with van der Waals surface area (Å²) in [6.45, 7) is 0. The molecule has 0 saturated heterocycles. The van der Waals surface area contributed by atoms with Crippen LogP contribution in [-0.4, -0.2) is 13.4 Å². The molecule has 0 radical (unpaired) electrons. The lowest BCUT2D eigenvalue weighted by atomic mass is 10.2. The van der Waals surface area contributed by atoms with Crippen LogP contribution in [0.2, 0.25) is 0 Å². The maximum Gasteiger partial charge on any atom is 0.263 e. The number of nitrogens with one attached hydrogen (secondary N) is 1. The molecule has 1 aromatic heterocycles. The second-order valence-electron chi connectivity index (χ2n) is 2.78. The Balaban J connectivity index is 2.83. The average molecular weight is 295 g/mol. The molecule has 0 aliphatic heterocycles. The van der Waals surface area contributed by atoms with E-state index in [0.717, 1.165) is 9.99 Å². The van der Waals surface area contributed by atoms with Crippen molar-refractivity contribution < 1.29 is 8.42 Å². The summed E-state index contributed by atoms with van der Waals surface area (Å²) in [7, 11) is 1.59. The van der Waals surface area contributed by atoms with Gasteiger partial charge in [0.15, 0.2) is 0 Å². The quantitative estimate of drug-likeness (QED) is 0.822. The summed E-state index contributed by atoms with van der Waals surface area (Å²) in [6.07, 6.45) is 1.39. The third-order valence-electron chi connectivity index (χ3n) is 1.87. The van der Waals surface area contributed by atoms with Crippen molar-refractivity contribution in [3.63, 3.8) is 0 Å². The largest absolute Gasteiger partial charge is 0.360 e. The van der Waals surface area contributed by atoms with E-state index < -0.39 is 9.05 Å². The zero-order valence-electron chi connectivity index (χ0n) is 6.79. The lowest BCUT2D eigenvalue weighted by Gasteiger charge is -1.93. The smallest absolute Gasteiger partial charge is 0.263 e. The summed E-state index contributed by atoms with van der Waals surface area (Å²) in [5.41, 5.74) is 0.735. The summed E-state index contributed by atoms with van der Waals surface area (Å²) in [5.74, 6) is 0. The lowest BCUT2D eigenvalue weighted by molar-refractivity contribution is 0.610. The molecule has 14 heavy (non-hydrogen) atoms. The molecular formula is C8H5BrClNO2S. The van der Waals surface area contributed by atoms with E-state index in [1.165, 1.54) is 6.20 Å². The Morgan fingerprint density at radius 2 is 2.07 bits per heavy atom. The van der Waals surface area contributed by atoms with Crippen molar-refractivity contribution in [1.82, 2.24) is 4.98 Å². The molecule has 0 spiro atoms. The van der Waals surface area contributed by atoms with Gasteiger partial charge in [-0.1, -0.05) is 22.0 Å². The molecular weight excluding hydrogens is 290 g/mol. The molecule has 0 aliphatic rings. The first-order valence-electron chi connectivity index (χ1n) is 3.70. The van der Waals surface area contributed by atoms with E-state index in [1.54, 1.807) is 18.2 Å². The van der Waals surface area contributed by atoms with Crippen molar-refractivity contribution in [2.45, 2.75) is 4.90 Å². The number of hydrogen-bond acceptors (Lipinski definition) is 2. The van der Waals surface area contributed by atoms with Gasteiger partial charge < -0.3 is 4.98 Å². The summed E-state index contributed by atoms with van der Waals surface area (Å²) < 4.78 is 23.1. The van der Waals surface area contributed by atoms with E-state index >= 15 is 0 Å². The monoisotopic (exact) mass is 293 g/mol. The van der Waals surface area contributed by atoms with Gasteiger partial charge in [-0.2, -0.15) is 0 Å². The van der Waals surface area contributed by atoms with Crippen LogP contribution in [0.3, 0.4) is 0 Å². The number of H-pyrrole nitrogens is 1. The van der Waals surface area contributed by atoms with E-state index in [4.69, 9.17) is 10.7 Å². The van der Waals surface area contributed by atoms with Crippen LogP contribution in [0.1, 0.15) is 0 Å². The first-order chi connectivity index (χ1) is 6.48. The number of aromatic amines is 1. The molecule has 1 aromatic carbocycles. The molecule has 0 fully saturated rings. The van der Waals surface area contributed by atoms with Crippen molar-refractivity contribution in [3.05, 3.63) is 28.9 Å². The fourth-order valence-corrected chi connectivity index (χ4v) is 2.66. The normalized spacial score (nSPS) is 12.1. The predicted octanol–water partition coefficient (Wildman–Crippen LogP) is 2.86. The van der Waals surface area contributed by atoms with Crippen molar-refractivity contribution in [1.29, 1.82) is 0 Å². The minimum atomic E-state index is -3.67. The predicted molar refractivity (Wildman–Crippen MR) is 59.0 cm³/mol. The van der Waals surface area contributed by atoms with Crippen LogP contribution in [0.4, 0.5) is 0 Å². The van der Waals surface area contributed by atoms with Gasteiger partial charge in [-0.15, -0.1) is 0 Å². The number of rotatable bonds is 1. The van der Waals surface area contributed by atoms with Crippen molar-refractivity contribution in [3.8, 4) is 0 Å². The van der Waals surface area contributed by atoms with E-state index in [0.29, 0.717) is 5.39 Å². The van der Waals surface area contributed by atoms with Gasteiger partial charge in [0.2, 0.25) is 0 Å². The molecule has 74 valence electrons. The Hall–Kier alpha value is -0.520. The second kappa shape index (κ2) is 3.25. The van der Waals surface area contributed by atoms with Crippen molar-refractivity contribution in [2.24, 2.45) is 0 Å². The van der Waals surface area contributed by atoms with Crippen LogP contribution in [0.15, 0.2) is 33.8 Å². The van der Waals surface area contributed by atoms with E-state index in [-0.39, 0.29) is 4.90 Å². The van der Waals surface area contributed by atoms with Gasteiger partial charge in [-0.25, -0.2) is 8.42 Å². The fourth-order valence-electron chi connectivity index (χ4n) is 1.27. The minimum Gasteiger partial charge on any atom is -0.360 e. The van der Waals surface area contributed by atoms with E-state index in [9.17, 15) is 8.42 Å². The van der Waals surface area contributed by atoms with E-state index in [2.05, 4.69) is 20.9 Å². The van der Waals surface area contributed by atoms with Gasteiger partial charge in [0.1, 0.15) is 4.90 Å². The van der Waals surface area contributed by atoms with Crippen LogP contribution in [0.25, 0.3) is 10.9 Å². The summed E-state index contributed by atoms with van der Waals surface area (Å²) in [6, 6.07) is 5.26. The van der Waals surface area contributed by atoms with E-state index in [1.807, 2.05) is 0 Å². The molecule has 1 N–H and O–H groups in total. The van der Waals surface area contributed by atoms with Crippen LogP contribution in [0, 0.1) is 0 Å². The molecule has 0 saturated carbocycles. The van der Waals surface area contributed by atoms with Gasteiger partial charge in [0, 0.05) is 32.3 Å². The van der Waals surface area contributed by atoms with Gasteiger partial charge in [0.25, 0.3) is 9.05 Å². The number of fused-ring (bicyclic) bond motifs is 1. The first kappa shape index (κ1) is 10.0. The Labute approximate surface area is 93.6 Å². The number of halogens is 2. The highest BCUT2D eigenvalue weighted by Crippen LogP contribution is 2.27. The molecule has 0 atom stereocenters. The number of hydrogen-bond donors (Lipinski definition) is 1. The van der Waals surface area contributed by atoms with Crippen molar-refractivity contribution in [2.75, 3.05) is 0 Å². The third kappa shape index (κ3) is 1.67. The van der Waals surface area contributed by atoms with Crippen LogP contribution >= 0.6 is 26.6 Å². The van der Waals surface area contributed by atoms with Gasteiger partial charge in [-0.3, -0.25) is 0 Å². The molecule has 2 aromatic rings. The topological polar surface area (TPSA) is 49.9 Å². The summed E-state index contributed by atoms with van der Waals surface area (Å²) in [4.78, 5) is 2.95. The molecule has 3 nitrogen and oxygen atoms in total. The molecule has 0 aliphatic carbocycles.